The van der Waals surface area contributed by atoms with Crippen molar-refractivity contribution in [1.82, 2.24) is 10.0 Å². The molecule has 1 heterocycles. The fraction of sp³-hybridized carbons (Fsp3) is 0.667. The van der Waals surface area contributed by atoms with Gasteiger partial charge >= 0.3 is 0 Å². The van der Waals surface area contributed by atoms with Gasteiger partial charge in [-0.2, -0.15) is 0 Å². The van der Waals surface area contributed by atoms with Crippen molar-refractivity contribution in [1.29, 1.82) is 0 Å². The predicted molar refractivity (Wildman–Crippen MR) is 79.4 cm³/mol. The second-order valence-corrected chi connectivity index (χ2v) is 8.04. The molecule has 0 spiro atoms. The number of nitrogens with one attached hydrogen (secondary N) is 2. The highest BCUT2D eigenvalue weighted by molar-refractivity contribution is 7.89. The Kier molecular flexibility index (Phi) is 6.87. The topological polar surface area (TPSA) is 88.4 Å². The fourth-order valence-corrected chi connectivity index (χ4v) is 3.03. The van der Waals surface area contributed by atoms with Gasteiger partial charge in [0.15, 0.2) is 0 Å². The zero-order valence-electron chi connectivity index (χ0n) is 12.0. The molecule has 1 unspecified atom stereocenters. The molecule has 0 amide bonds. The minimum absolute atomic E-state index is 0.0873. The number of hydrogen-bond donors (Lipinski definition) is 2. The Balaban J connectivity index is 2.52. The highest BCUT2D eigenvalue weighted by Gasteiger charge is 2.18. The number of sulfonamides is 1. The molecule has 0 aromatic carbocycles. The summed E-state index contributed by atoms with van der Waals surface area (Å²) in [5.41, 5.74) is 0. The third kappa shape index (κ3) is 6.17. The molecule has 0 aliphatic heterocycles. The summed E-state index contributed by atoms with van der Waals surface area (Å²) in [7, 11) is -4.53. The first kappa shape index (κ1) is 17.4. The van der Waals surface area contributed by atoms with E-state index in [9.17, 15) is 12.6 Å². The van der Waals surface area contributed by atoms with E-state index in [4.69, 9.17) is 4.42 Å². The standard InChI is InChI=1S/C12H22N2O4S2/c1-10(2)13-9-11-5-6-12(18-11)20(16,17)14-7-4-8-19(3)15/h5-6,10,13-14H,4,7-9H2,1-3H3. The molecular weight excluding hydrogens is 300 g/mol. The summed E-state index contributed by atoms with van der Waals surface area (Å²) < 4.78 is 42.5. The maximum absolute atomic E-state index is 11.9. The summed E-state index contributed by atoms with van der Waals surface area (Å²) in [4.78, 5) is 0. The van der Waals surface area contributed by atoms with E-state index in [0.29, 0.717) is 30.5 Å². The maximum atomic E-state index is 11.9. The molecule has 1 atom stereocenters. The molecular formula is C12H22N2O4S2. The molecule has 0 saturated carbocycles. The van der Waals surface area contributed by atoms with Gasteiger partial charge in [-0.3, -0.25) is 4.21 Å². The van der Waals surface area contributed by atoms with Gasteiger partial charge in [-0.15, -0.1) is 0 Å². The van der Waals surface area contributed by atoms with Crippen LogP contribution in [0.1, 0.15) is 26.0 Å². The van der Waals surface area contributed by atoms with E-state index in [1.165, 1.54) is 6.07 Å². The molecule has 0 radical (unpaired) electrons. The van der Waals surface area contributed by atoms with Gasteiger partial charge in [-0.25, -0.2) is 13.1 Å². The number of furan rings is 1. The summed E-state index contributed by atoms with van der Waals surface area (Å²) in [5, 5.41) is 3.06. The van der Waals surface area contributed by atoms with Crippen LogP contribution in [0.3, 0.4) is 0 Å². The van der Waals surface area contributed by atoms with Gasteiger partial charge in [0.1, 0.15) is 5.76 Å². The van der Waals surface area contributed by atoms with Crippen LogP contribution in [0.25, 0.3) is 0 Å². The molecule has 8 heteroatoms. The molecule has 0 aliphatic rings. The van der Waals surface area contributed by atoms with Crippen molar-refractivity contribution in [2.45, 2.75) is 37.9 Å². The first-order valence-corrected chi connectivity index (χ1v) is 9.64. The SMILES string of the molecule is CC(C)NCc1ccc(S(=O)(=O)NCCCS(C)=O)o1. The molecule has 1 aromatic heterocycles. The minimum Gasteiger partial charge on any atom is -0.447 e. The van der Waals surface area contributed by atoms with Crippen molar-refractivity contribution in [3.63, 3.8) is 0 Å². The summed E-state index contributed by atoms with van der Waals surface area (Å²) in [5.74, 6) is 1.05. The Morgan fingerprint density at radius 1 is 1.35 bits per heavy atom. The van der Waals surface area contributed by atoms with E-state index in [1.807, 2.05) is 13.8 Å². The smallest absolute Gasteiger partial charge is 0.273 e. The molecule has 0 fully saturated rings. The average molecular weight is 322 g/mol. The van der Waals surface area contributed by atoms with Crippen molar-refractivity contribution >= 4 is 20.8 Å². The molecule has 2 N–H and O–H groups in total. The van der Waals surface area contributed by atoms with E-state index in [1.54, 1.807) is 12.3 Å². The van der Waals surface area contributed by atoms with Crippen molar-refractivity contribution in [2.75, 3.05) is 18.6 Å². The second-order valence-electron chi connectivity index (χ2n) is 4.78. The van der Waals surface area contributed by atoms with Crippen molar-refractivity contribution in [3.8, 4) is 0 Å². The largest absolute Gasteiger partial charge is 0.447 e. The Morgan fingerprint density at radius 2 is 2.05 bits per heavy atom. The molecule has 116 valence electrons. The Labute approximate surface area is 122 Å². The van der Waals surface area contributed by atoms with Gasteiger partial charge < -0.3 is 9.73 Å². The van der Waals surface area contributed by atoms with Gasteiger partial charge in [0.05, 0.1) is 6.54 Å². The van der Waals surface area contributed by atoms with Crippen LogP contribution in [-0.2, 0) is 27.4 Å². The normalized spacial score (nSPS) is 13.8. The van der Waals surface area contributed by atoms with E-state index in [-0.39, 0.29) is 11.6 Å². The van der Waals surface area contributed by atoms with Gasteiger partial charge in [-0.1, -0.05) is 13.8 Å². The van der Waals surface area contributed by atoms with Crippen LogP contribution in [-0.4, -0.2) is 37.2 Å². The lowest BCUT2D eigenvalue weighted by Gasteiger charge is -2.05. The van der Waals surface area contributed by atoms with Crippen LogP contribution in [0.15, 0.2) is 21.6 Å². The zero-order valence-corrected chi connectivity index (χ0v) is 13.6. The summed E-state index contributed by atoms with van der Waals surface area (Å²) in [6.45, 7) is 4.74. The first-order chi connectivity index (χ1) is 9.31. The fourth-order valence-electron chi connectivity index (χ4n) is 1.46. The monoisotopic (exact) mass is 322 g/mol. The molecule has 6 nitrogen and oxygen atoms in total. The predicted octanol–water partition coefficient (Wildman–Crippen LogP) is 0.824. The van der Waals surface area contributed by atoms with Crippen LogP contribution >= 0.6 is 0 Å². The van der Waals surface area contributed by atoms with E-state index >= 15 is 0 Å². The van der Waals surface area contributed by atoms with E-state index < -0.39 is 20.8 Å². The molecule has 1 rings (SSSR count). The minimum atomic E-state index is -3.62. The van der Waals surface area contributed by atoms with Crippen molar-refractivity contribution in [3.05, 3.63) is 17.9 Å². The third-order valence-electron chi connectivity index (χ3n) is 2.49. The van der Waals surface area contributed by atoms with Crippen LogP contribution in [0.5, 0.6) is 0 Å². The van der Waals surface area contributed by atoms with Crippen LogP contribution < -0.4 is 10.0 Å². The van der Waals surface area contributed by atoms with E-state index in [2.05, 4.69) is 10.0 Å². The Morgan fingerprint density at radius 3 is 2.65 bits per heavy atom. The number of rotatable bonds is 9. The van der Waals surface area contributed by atoms with Gasteiger partial charge in [0, 0.05) is 35.4 Å². The van der Waals surface area contributed by atoms with Gasteiger partial charge in [0.2, 0.25) is 5.09 Å². The Hall–Kier alpha value is -0.700. The maximum Gasteiger partial charge on any atom is 0.273 e. The Bertz CT molecular complexity index is 537. The zero-order chi connectivity index (χ0) is 15.2. The molecule has 1 aromatic rings. The van der Waals surface area contributed by atoms with Gasteiger partial charge in [0.25, 0.3) is 10.0 Å². The van der Waals surface area contributed by atoms with E-state index in [0.717, 1.165) is 0 Å². The molecule has 0 aliphatic carbocycles. The molecule has 0 saturated heterocycles. The van der Waals surface area contributed by atoms with Crippen LogP contribution in [0, 0.1) is 0 Å². The number of hydrogen-bond acceptors (Lipinski definition) is 5. The quantitative estimate of drug-likeness (QED) is 0.657. The average Bonchev–Trinajstić information content (AvgIpc) is 2.81. The lowest BCUT2D eigenvalue weighted by atomic mass is 10.3. The highest BCUT2D eigenvalue weighted by atomic mass is 32.2. The summed E-state index contributed by atoms with van der Waals surface area (Å²) >= 11 is 0. The molecule has 20 heavy (non-hydrogen) atoms. The van der Waals surface area contributed by atoms with Crippen molar-refractivity contribution in [2.24, 2.45) is 0 Å². The van der Waals surface area contributed by atoms with Crippen LogP contribution in [0.2, 0.25) is 0 Å². The summed E-state index contributed by atoms with van der Waals surface area (Å²) in [6, 6.07) is 3.39. The third-order valence-corrected chi connectivity index (χ3v) is 4.68. The second kappa shape index (κ2) is 7.92. The first-order valence-electron chi connectivity index (χ1n) is 6.43. The summed E-state index contributed by atoms with van der Waals surface area (Å²) in [6.07, 6.45) is 2.12. The highest BCUT2D eigenvalue weighted by Crippen LogP contribution is 2.13. The van der Waals surface area contributed by atoms with Crippen LogP contribution in [0.4, 0.5) is 0 Å². The van der Waals surface area contributed by atoms with Gasteiger partial charge in [-0.05, 0) is 18.6 Å². The lowest BCUT2D eigenvalue weighted by Crippen LogP contribution is -2.25. The lowest BCUT2D eigenvalue weighted by molar-refractivity contribution is 0.393. The van der Waals surface area contributed by atoms with Crippen molar-refractivity contribution < 1.29 is 17.0 Å². The molecule has 0 bridgehead atoms.